The van der Waals surface area contributed by atoms with E-state index >= 15 is 0 Å². The summed E-state index contributed by atoms with van der Waals surface area (Å²) in [5.74, 6) is -0.431. The molecule has 122 valence electrons. The first kappa shape index (κ1) is 15.9. The monoisotopic (exact) mass is 323 g/mol. The third kappa shape index (κ3) is 3.87. The van der Waals surface area contributed by atoms with E-state index in [1.807, 2.05) is 36.5 Å². The van der Waals surface area contributed by atoms with Crippen molar-refractivity contribution >= 4 is 5.91 Å². The zero-order valence-electron chi connectivity index (χ0n) is 13.4. The molecule has 0 fully saturated rings. The average molecular weight is 323 g/mol. The minimum absolute atomic E-state index is 0.126. The van der Waals surface area contributed by atoms with Gasteiger partial charge >= 0.3 is 0 Å². The zero-order valence-corrected chi connectivity index (χ0v) is 13.4. The van der Waals surface area contributed by atoms with Crippen LogP contribution in [0, 0.1) is 12.7 Å². The SMILES string of the molecule is Cc1ccc(CNC(=O)Cn2cc(-c3ccccc3)cn2)cc1F. The fourth-order valence-corrected chi connectivity index (χ4v) is 2.38. The molecule has 24 heavy (non-hydrogen) atoms. The molecule has 0 saturated heterocycles. The highest BCUT2D eigenvalue weighted by Gasteiger charge is 2.07. The van der Waals surface area contributed by atoms with E-state index in [1.54, 1.807) is 29.9 Å². The van der Waals surface area contributed by atoms with Gasteiger partial charge in [0.15, 0.2) is 0 Å². The van der Waals surface area contributed by atoms with Gasteiger partial charge in [-0.05, 0) is 29.7 Å². The lowest BCUT2D eigenvalue weighted by atomic mass is 10.1. The van der Waals surface area contributed by atoms with Crippen LogP contribution in [0.1, 0.15) is 11.1 Å². The molecule has 1 amide bonds. The van der Waals surface area contributed by atoms with E-state index in [-0.39, 0.29) is 18.3 Å². The summed E-state index contributed by atoms with van der Waals surface area (Å²) in [4.78, 5) is 12.0. The van der Waals surface area contributed by atoms with Gasteiger partial charge in [0.2, 0.25) is 5.91 Å². The van der Waals surface area contributed by atoms with E-state index in [1.165, 1.54) is 6.07 Å². The molecule has 1 aromatic heterocycles. The van der Waals surface area contributed by atoms with Gasteiger partial charge in [0.1, 0.15) is 12.4 Å². The first-order valence-electron chi connectivity index (χ1n) is 7.71. The number of benzene rings is 2. The minimum Gasteiger partial charge on any atom is -0.350 e. The van der Waals surface area contributed by atoms with E-state index in [0.29, 0.717) is 12.1 Å². The number of hydrogen-bond acceptors (Lipinski definition) is 2. The number of rotatable bonds is 5. The summed E-state index contributed by atoms with van der Waals surface area (Å²) in [6.45, 7) is 2.13. The standard InChI is InChI=1S/C19H18FN3O/c1-14-7-8-15(9-18(14)20)10-21-19(24)13-23-12-17(11-22-23)16-5-3-2-4-6-16/h2-9,11-12H,10,13H2,1H3,(H,21,24). The molecule has 1 heterocycles. The second-order valence-corrected chi connectivity index (χ2v) is 5.65. The molecule has 1 N–H and O–H groups in total. The number of nitrogens with zero attached hydrogens (tertiary/aromatic N) is 2. The molecule has 0 spiro atoms. The van der Waals surface area contributed by atoms with Crippen molar-refractivity contribution < 1.29 is 9.18 Å². The molecule has 2 aromatic carbocycles. The van der Waals surface area contributed by atoms with Gasteiger partial charge in [0, 0.05) is 18.3 Å². The normalized spacial score (nSPS) is 10.6. The second-order valence-electron chi connectivity index (χ2n) is 5.65. The van der Waals surface area contributed by atoms with Crippen molar-refractivity contribution in [2.45, 2.75) is 20.0 Å². The molecule has 0 aliphatic carbocycles. The van der Waals surface area contributed by atoms with Crippen LogP contribution in [-0.4, -0.2) is 15.7 Å². The zero-order chi connectivity index (χ0) is 16.9. The average Bonchev–Trinajstić information content (AvgIpc) is 3.05. The quantitative estimate of drug-likeness (QED) is 0.783. The summed E-state index contributed by atoms with van der Waals surface area (Å²) >= 11 is 0. The van der Waals surface area contributed by atoms with Gasteiger partial charge in [-0.2, -0.15) is 5.10 Å². The van der Waals surface area contributed by atoms with Crippen LogP contribution in [0.4, 0.5) is 4.39 Å². The Kier molecular flexibility index (Phi) is 4.70. The van der Waals surface area contributed by atoms with Crippen LogP contribution >= 0.6 is 0 Å². The molecule has 0 atom stereocenters. The van der Waals surface area contributed by atoms with Gasteiger partial charge in [-0.25, -0.2) is 4.39 Å². The highest BCUT2D eigenvalue weighted by atomic mass is 19.1. The van der Waals surface area contributed by atoms with Crippen LogP contribution < -0.4 is 5.32 Å². The fourth-order valence-electron chi connectivity index (χ4n) is 2.38. The Morgan fingerprint density at radius 3 is 2.71 bits per heavy atom. The summed E-state index contributed by atoms with van der Waals surface area (Å²) in [7, 11) is 0. The van der Waals surface area contributed by atoms with Crippen LogP contribution in [0.5, 0.6) is 0 Å². The third-order valence-electron chi connectivity index (χ3n) is 3.77. The van der Waals surface area contributed by atoms with Crippen molar-refractivity contribution in [3.8, 4) is 11.1 Å². The lowest BCUT2D eigenvalue weighted by Gasteiger charge is -2.06. The first-order valence-corrected chi connectivity index (χ1v) is 7.71. The number of amides is 1. The van der Waals surface area contributed by atoms with Crippen molar-refractivity contribution in [1.29, 1.82) is 0 Å². The molecule has 3 aromatic rings. The molecule has 0 unspecified atom stereocenters. The third-order valence-corrected chi connectivity index (χ3v) is 3.77. The number of aromatic nitrogens is 2. The fraction of sp³-hybridized carbons (Fsp3) is 0.158. The van der Waals surface area contributed by atoms with Crippen LogP contribution in [-0.2, 0) is 17.9 Å². The predicted molar refractivity (Wildman–Crippen MR) is 90.6 cm³/mol. The maximum atomic E-state index is 13.5. The smallest absolute Gasteiger partial charge is 0.241 e. The Balaban J connectivity index is 1.57. The van der Waals surface area contributed by atoms with Crippen LogP contribution in [0.2, 0.25) is 0 Å². The summed E-state index contributed by atoms with van der Waals surface area (Å²) < 4.78 is 15.1. The topological polar surface area (TPSA) is 46.9 Å². The summed E-state index contributed by atoms with van der Waals surface area (Å²) in [6, 6.07) is 14.8. The molecule has 0 saturated carbocycles. The highest BCUT2D eigenvalue weighted by Crippen LogP contribution is 2.17. The van der Waals surface area contributed by atoms with Gasteiger partial charge in [0.25, 0.3) is 0 Å². The Bertz CT molecular complexity index is 843. The van der Waals surface area contributed by atoms with Crippen LogP contribution in [0.25, 0.3) is 11.1 Å². The number of hydrogen-bond donors (Lipinski definition) is 1. The van der Waals surface area contributed by atoms with Gasteiger partial charge in [0.05, 0.1) is 6.20 Å². The lowest BCUT2D eigenvalue weighted by molar-refractivity contribution is -0.122. The number of aryl methyl sites for hydroxylation is 1. The lowest BCUT2D eigenvalue weighted by Crippen LogP contribution is -2.27. The Morgan fingerprint density at radius 2 is 1.96 bits per heavy atom. The second kappa shape index (κ2) is 7.08. The van der Waals surface area contributed by atoms with Gasteiger partial charge in [-0.1, -0.05) is 42.5 Å². The van der Waals surface area contributed by atoms with Gasteiger partial charge in [-0.3, -0.25) is 9.48 Å². The maximum absolute atomic E-state index is 13.5. The molecule has 3 rings (SSSR count). The number of nitrogens with one attached hydrogen (secondary N) is 1. The van der Waals surface area contributed by atoms with Crippen LogP contribution in [0.15, 0.2) is 60.9 Å². The van der Waals surface area contributed by atoms with Crippen molar-refractivity contribution in [3.63, 3.8) is 0 Å². The summed E-state index contributed by atoms with van der Waals surface area (Å²) in [5, 5.41) is 6.99. The Labute approximate surface area is 139 Å². The molecule has 0 radical (unpaired) electrons. The molecule has 5 heteroatoms. The molecular formula is C19H18FN3O. The first-order chi connectivity index (χ1) is 11.6. The van der Waals surface area contributed by atoms with E-state index in [2.05, 4.69) is 10.4 Å². The number of carbonyl (C=O) groups is 1. The highest BCUT2D eigenvalue weighted by molar-refractivity contribution is 5.75. The largest absolute Gasteiger partial charge is 0.350 e. The molecule has 0 bridgehead atoms. The number of halogens is 1. The van der Waals surface area contributed by atoms with E-state index < -0.39 is 0 Å². The van der Waals surface area contributed by atoms with Gasteiger partial charge in [-0.15, -0.1) is 0 Å². The summed E-state index contributed by atoms with van der Waals surface area (Å²) in [5.41, 5.74) is 3.34. The summed E-state index contributed by atoms with van der Waals surface area (Å²) in [6.07, 6.45) is 3.57. The molecular weight excluding hydrogens is 305 g/mol. The van der Waals surface area contributed by atoms with E-state index in [9.17, 15) is 9.18 Å². The molecule has 0 aliphatic heterocycles. The maximum Gasteiger partial charge on any atom is 0.241 e. The molecule has 0 aliphatic rings. The minimum atomic E-state index is -0.263. The van der Waals surface area contributed by atoms with Crippen molar-refractivity contribution in [2.24, 2.45) is 0 Å². The molecule has 4 nitrogen and oxygen atoms in total. The van der Waals surface area contributed by atoms with Crippen molar-refractivity contribution in [2.75, 3.05) is 0 Å². The number of carbonyl (C=O) groups excluding carboxylic acids is 1. The van der Waals surface area contributed by atoms with Crippen LogP contribution in [0.3, 0.4) is 0 Å². The van der Waals surface area contributed by atoms with E-state index in [0.717, 1.165) is 16.7 Å². The van der Waals surface area contributed by atoms with Gasteiger partial charge < -0.3 is 5.32 Å². The Morgan fingerprint density at radius 1 is 1.17 bits per heavy atom. The Hall–Kier alpha value is -2.95. The predicted octanol–water partition coefficient (Wildman–Crippen LogP) is 3.31. The van der Waals surface area contributed by atoms with E-state index in [4.69, 9.17) is 0 Å². The van der Waals surface area contributed by atoms with Crippen molar-refractivity contribution in [3.05, 3.63) is 77.9 Å². The van der Waals surface area contributed by atoms with Crippen molar-refractivity contribution in [1.82, 2.24) is 15.1 Å².